The topological polar surface area (TPSA) is 113 Å². The molecule has 0 aromatic carbocycles. The number of hydrogen-bond donors (Lipinski definition) is 3. The molecule has 7 heteroatoms. The van der Waals surface area contributed by atoms with E-state index in [9.17, 15) is 4.79 Å². The normalized spacial score (nSPS) is 29.1. The molecule has 0 unspecified atom stereocenters. The van der Waals surface area contributed by atoms with Crippen LogP contribution in [0.25, 0.3) is 0 Å². The first-order valence-corrected chi connectivity index (χ1v) is 5.25. The highest BCUT2D eigenvalue weighted by Gasteiger charge is 2.43. The first-order chi connectivity index (χ1) is 7.95. The van der Waals surface area contributed by atoms with Gasteiger partial charge in [-0.3, -0.25) is 4.79 Å². The molecule has 0 aromatic heterocycles. The van der Waals surface area contributed by atoms with Crippen molar-refractivity contribution in [2.75, 3.05) is 7.11 Å². The highest BCUT2D eigenvalue weighted by molar-refractivity contribution is 6.27. The number of nitrogens with one attached hydrogen (secondary N) is 1. The fraction of sp³-hybridized carbons (Fsp3) is 0.700. The monoisotopic (exact) mass is 245 g/mol. The molecule has 17 heavy (non-hydrogen) atoms. The molecule has 7 nitrogen and oxygen atoms in total. The van der Waals surface area contributed by atoms with Crippen molar-refractivity contribution in [3.8, 4) is 0 Å². The molecule has 0 aromatic rings. The van der Waals surface area contributed by atoms with E-state index in [0.29, 0.717) is 12.1 Å². The number of aliphatic carboxylic acids is 2. The average Bonchev–Trinajstić information content (AvgIpc) is 2.90. The lowest BCUT2D eigenvalue weighted by atomic mass is 9.89. The molecule has 2 saturated heterocycles. The Morgan fingerprint density at radius 2 is 1.76 bits per heavy atom. The minimum Gasteiger partial charge on any atom is -0.473 e. The number of methoxy groups -OCH3 is 1. The molecule has 2 heterocycles. The van der Waals surface area contributed by atoms with Crippen LogP contribution in [0.2, 0.25) is 0 Å². The number of ether oxygens (including phenoxy) is 1. The van der Waals surface area contributed by atoms with Gasteiger partial charge in [0, 0.05) is 12.1 Å². The van der Waals surface area contributed by atoms with E-state index in [0.717, 1.165) is 12.8 Å². The number of rotatable bonds is 1. The van der Waals surface area contributed by atoms with Crippen LogP contribution in [0.15, 0.2) is 0 Å². The Morgan fingerprint density at radius 1 is 1.18 bits per heavy atom. The lowest BCUT2D eigenvalue weighted by Gasteiger charge is -2.16. The molecular formula is C10H15NO6. The lowest BCUT2D eigenvalue weighted by Crippen LogP contribution is -2.29. The zero-order valence-electron chi connectivity index (χ0n) is 9.38. The molecule has 3 N–H and O–H groups in total. The van der Waals surface area contributed by atoms with Crippen LogP contribution in [0.4, 0.5) is 0 Å². The molecule has 3 atom stereocenters. The molecule has 0 spiro atoms. The van der Waals surface area contributed by atoms with Crippen molar-refractivity contribution < 1.29 is 29.3 Å². The van der Waals surface area contributed by atoms with E-state index in [1.165, 1.54) is 13.5 Å². The quantitative estimate of drug-likeness (QED) is 0.420. The molecule has 0 radical (unpaired) electrons. The van der Waals surface area contributed by atoms with Crippen molar-refractivity contribution in [1.29, 1.82) is 0 Å². The Hall–Kier alpha value is -1.63. The maximum atomic E-state index is 11.1. The van der Waals surface area contributed by atoms with Crippen molar-refractivity contribution in [3.05, 3.63) is 0 Å². The van der Waals surface area contributed by atoms with E-state index < -0.39 is 11.9 Å². The lowest BCUT2D eigenvalue weighted by molar-refractivity contribution is -0.159. The van der Waals surface area contributed by atoms with Gasteiger partial charge in [0.1, 0.15) is 0 Å². The summed E-state index contributed by atoms with van der Waals surface area (Å²) in [5.74, 6) is -3.55. The van der Waals surface area contributed by atoms with E-state index in [1.54, 1.807) is 0 Å². The van der Waals surface area contributed by atoms with Gasteiger partial charge in [0.05, 0.1) is 13.0 Å². The molecule has 2 aliphatic heterocycles. The third-order valence-corrected chi connectivity index (χ3v) is 2.99. The van der Waals surface area contributed by atoms with Gasteiger partial charge in [-0.05, 0) is 19.3 Å². The number of hydrogen-bond acceptors (Lipinski definition) is 5. The molecule has 2 bridgehead atoms. The fourth-order valence-corrected chi connectivity index (χ4v) is 2.24. The van der Waals surface area contributed by atoms with Crippen LogP contribution in [0.3, 0.4) is 0 Å². The van der Waals surface area contributed by atoms with Crippen LogP contribution >= 0.6 is 0 Å². The summed E-state index contributed by atoms with van der Waals surface area (Å²) in [4.78, 5) is 29.3. The number of carbonyl (C=O) groups is 3. The molecule has 2 rings (SSSR count). The first kappa shape index (κ1) is 13.4. The van der Waals surface area contributed by atoms with Crippen molar-refractivity contribution in [2.24, 2.45) is 5.92 Å². The van der Waals surface area contributed by atoms with Gasteiger partial charge >= 0.3 is 17.9 Å². The van der Waals surface area contributed by atoms with E-state index in [2.05, 4.69) is 5.32 Å². The minimum atomic E-state index is -1.82. The Labute approximate surface area is 97.8 Å². The van der Waals surface area contributed by atoms with Crippen LogP contribution in [-0.2, 0) is 19.1 Å². The summed E-state index contributed by atoms with van der Waals surface area (Å²) in [7, 11) is 1.47. The van der Waals surface area contributed by atoms with Gasteiger partial charge in [-0.25, -0.2) is 9.59 Å². The summed E-state index contributed by atoms with van der Waals surface area (Å²) in [6, 6.07) is 0.997. The van der Waals surface area contributed by atoms with Crippen LogP contribution < -0.4 is 5.32 Å². The third kappa shape index (κ3) is 3.42. The second kappa shape index (κ2) is 5.62. The number of carboxylic acids is 2. The summed E-state index contributed by atoms with van der Waals surface area (Å²) in [6.45, 7) is 0. The van der Waals surface area contributed by atoms with Crippen molar-refractivity contribution in [2.45, 2.75) is 31.3 Å². The van der Waals surface area contributed by atoms with Crippen molar-refractivity contribution in [1.82, 2.24) is 5.32 Å². The Balaban J connectivity index is 0.000000209. The number of fused-ring (bicyclic) bond motifs is 2. The number of esters is 1. The van der Waals surface area contributed by atoms with E-state index >= 15 is 0 Å². The standard InChI is InChI=1S/C8H13NO2.C2H2O4/c1-11-8(10)6-4-5-2-3-7(6)9-5;3-1(4)2(5)6/h5-7,9H,2-4H2,1H3;(H,3,4)(H,5,6)/t5-,6+,7+;/m1./s1. The van der Waals surface area contributed by atoms with Crippen LogP contribution in [0.1, 0.15) is 19.3 Å². The summed E-state index contributed by atoms with van der Waals surface area (Å²) < 4.78 is 4.71. The average molecular weight is 245 g/mol. The molecule has 2 aliphatic rings. The first-order valence-electron chi connectivity index (χ1n) is 5.25. The fourth-order valence-electron chi connectivity index (χ4n) is 2.24. The van der Waals surface area contributed by atoms with E-state index in [1.807, 2.05) is 0 Å². The largest absolute Gasteiger partial charge is 0.473 e. The van der Waals surface area contributed by atoms with Crippen molar-refractivity contribution >= 4 is 17.9 Å². The van der Waals surface area contributed by atoms with Gasteiger partial charge in [0.25, 0.3) is 0 Å². The highest BCUT2D eigenvalue weighted by Crippen LogP contribution is 2.33. The summed E-state index contributed by atoms with van der Waals surface area (Å²) >= 11 is 0. The van der Waals surface area contributed by atoms with Crippen molar-refractivity contribution in [3.63, 3.8) is 0 Å². The molecule has 0 aliphatic carbocycles. The third-order valence-electron chi connectivity index (χ3n) is 2.99. The molecule has 2 fully saturated rings. The Kier molecular flexibility index (Phi) is 4.45. The zero-order valence-corrected chi connectivity index (χ0v) is 9.38. The number of carboxylic acid groups (broad SMARTS) is 2. The van der Waals surface area contributed by atoms with Gasteiger partial charge in [-0.1, -0.05) is 0 Å². The smallest absolute Gasteiger partial charge is 0.414 e. The molecule has 0 saturated carbocycles. The Bertz CT molecular complexity index is 317. The second-order valence-electron chi connectivity index (χ2n) is 4.02. The highest BCUT2D eigenvalue weighted by atomic mass is 16.5. The van der Waals surface area contributed by atoms with E-state index in [4.69, 9.17) is 24.5 Å². The zero-order chi connectivity index (χ0) is 13.0. The van der Waals surface area contributed by atoms with Gasteiger partial charge in [-0.15, -0.1) is 0 Å². The predicted molar refractivity (Wildman–Crippen MR) is 55.3 cm³/mol. The molecule has 0 amide bonds. The summed E-state index contributed by atoms with van der Waals surface area (Å²) in [5, 5.41) is 18.2. The predicted octanol–water partition coefficient (Wildman–Crippen LogP) is -0.544. The Morgan fingerprint density at radius 3 is 2.06 bits per heavy atom. The number of carbonyl (C=O) groups excluding carboxylic acids is 1. The van der Waals surface area contributed by atoms with E-state index in [-0.39, 0.29) is 11.9 Å². The van der Waals surface area contributed by atoms with Gasteiger partial charge < -0.3 is 20.3 Å². The maximum Gasteiger partial charge on any atom is 0.414 e. The van der Waals surface area contributed by atoms with Crippen LogP contribution in [-0.4, -0.2) is 47.3 Å². The second-order valence-corrected chi connectivity index (χ2v) is 4.02. The minimum absolute atomic E-state index is 0.0373. The maximum absolute atomic E-state index is 11.1. The summed E-state index contributed by atoms with van der Waals surface area (Å²) in [5.41, 5.74) is 0. The molecule has 96 valence electrons. The van der Waals surface area contributed by atoms with Gasteiger partial charge in [-0.2, -0.15) is 0 Å². The van der Waals surface area contributed by atoms with Gasteiger partial charge in [0.2, 0.25) is 0 Å². The SMILES string of the molecule is COC(=O)[C@H]1C[C@H]2CC[C@@H]1N2.O=C(O)C(=O)O. The summed E-state index contributed by atoms with van der Waals surface area (Å²) in [6.07, 6.45) is 3.36. The van der Waals surface area contributed by atoms with Crippen LogP contribution in [0, 0.1) is 5.92 Å². The van der Waals surface area contributed by atoms with Crippen LogP contribution in [0.5, 0.6) is 0 Å². The van der Waals surface area contributed by atoms with Gasteiger partial charge in [0.15, 0.2) is 0 Å². The molecular weight excluding hydrogens is 230 g/mol.